The average molecular weight is 377 g/mol. The van der Waals surface area contributed by atoms with Crippen LogP contribution >= 0.6 is 15.9 Å². The molecule has 0 unspecified atom stereocenters. The summed E-state index contributed by atoms with van der Waals surface area (Å²) < 4.78 is 53.3. The maximum atomic E-state index is 13.1. The lowest BCUT2D eigenvalue weighted by Crippen LogP contribution is -2.15. The van der Waals surface area contributed by atoms with Crippen LogP contribution in [0.5, 0.6) is 0 Å². The van der Waals surface area contributed by atoms with Crippen LogP contribution in [0.25, 0.3) is 0 Å². The van der Waals surface area contributed by atoms with Crippen molar-refractivity contribution >= 4 is 37.3 Å². The first-order chi connectivity index (χ1) is 9.70. The van der Waals surface area contributed by atoms with Gasteiger partial charge >= 0.3 is 0 Å². The van der Waals surface area contributed by atoms with E-state index >= 15 is 0 Å². The number of hydrogen-bond donors (Lipinski definition) is 2. The van der Waals surface area contributed by atoms with Gasteiger partial charge in [-0.15, -0.1) is 0 Å². The molecule has 0 aliphatic rings. The molecule has 0 heterocycles. The average Bonchev–Trinajstić information content (AvgIpc) is 2.37. The third kappa shape index (κ3) is 3.33. The number of nitrogens with two attached hydrogens (primary N) is 1. The number of aryl methyl sites for hydroxylation is 1. The van der Waals surface area contributed by atoms with Crippen LogP contribution in [0, 0.1) is 18.6 Å². The fraction of sp³-hybridized carbons (Fsp3) is 0.0769. The Balaban J connectivity index is 2.43. The molecular weight excluding hydrogens is 366 g/mol. The van der Waals surface area contributed by atoms with Crippen molar-refractivity contribution in [3.8, 4) is 0 Å². The van der Waals surface area contributed by atoms with Crippen LogP contribution in [0.2, 0.25) is 0 Å². The van der Waals surface area contributed by atoms with E-state index in [0.717, 1.165) is 18.2 Å². The Morgan fingerprint density at radius 1 is 1.14 bits per heavy atom. The highest BCUT2D eigenvalue weighted by Crippen LogP contribution is 2.28. The second kappa shape index (κ2) is 5.61. The Kier molecular flexibility index (Phi) is 4.20. The molecule has 0 aliphatic carbocycles. The number of benzene rings is 2. The summed E-state index contributed by atoms with van der Waals surface area (Å²) in [5.74, 6) is -2.19. The van der Waals surface area contributed by atoms with Crippen molar-refractivity contribution in [3.63, 3.8) is 0 Å². The molecule has 0 saturated carbocycles. The molecule has 2 rings (SSSR count). The monoisotopic (exact) mass is 376 g/mol. The predicted molar refractivity (Wildman–Crippen MR) is 80.5 cm³/mol. The topological polar surface area (TPSA) is 72.2 Å². The second-order valence-electron chi connectivity index (χ2n) is 4.37. The summed E-state index contributed by atoms with van der Waals surface area (Å²) in [5.41, 5.74) is 6.32. The lowest BCUT2D eigenvalue weighted by Gasteiger charge is -2.12. The van der Waals surface area contributed by atoms with E-state index in [2.05, 4.69) is 20.7 Å². The molecule has 0 amide bonds. The lowest BCUT2D eigenvalue weighted by atomic mass is 10.2. The van der Waals surface area contributed by atoms with E-state index in [-0.39, 0.29) is 16.3 Å². The summed E-state index contributed by atoms with van der Waals surface area (Å²) in [7, 11) is -3.95. The Morgan fingerprint density at radius 3 is 2.43 bits per heavy atom. The summed E-state index contributed by atoms with van der Waals surface area (Å²) in [4.78, 5) is -0.0343. The molecule has 0 bridgehead atoms. The van der Waals surface area contributed by atoms with Gasteiger partial charge < -0.3 is 5.73 Å². The first-order valence-electron chi connectivity index (χ1n) is 5.74. The van der Waals surface area contributed by atoms with Crippen LogP contribution in [0.4, 0.5) is 20.2 Å². The minimum absolute atomic E-state index is 0.0343. The lowest BCUT2D eigenvalue weighted by molar-refractivity contribution is 0.509. The number of hydrogen-bond acceptors (Lipinski definition) is 3. The van der Waals surface area contributed by atoms with E-state index in [0.29, 0.717) is 10.0 Å². The van der Waals surface area contributed by atoms with E-state index in [1.54, 1.807) is 13.0 Å². The Bertz CT molecular complexity index is 810. The van der Waals surface area contributed by atoms with E-state index < -0.39 is 21.7 Å². The van der Waals surface area contributed by atoms with E-state index in [1.165, 1.54) is 6.07 Å². The molecule has 4 nitrogen and oxygen atoms in total. The van der Waals surface area contributed by atoms with Gasteiger partial charge in [-0.3, -0.25) is 4.72 Å². The maximum absolute atomic E-state index is 13.1. The van der Waals surface area contributed by atoms with Crippen LogP contribution in [0.15, 0.2) is 39.7 Å². The zero-order valence-electron chi connectivity index (χ0n) is 10.8. The van der Waals surface area contributed by atoms with Crippen LogP contribution in [0.1, 0.15) is 5.56 Å². The Labute approximate surface area is 129 Å². The fourth-order valence-electron chi connectivity index (χ4n) is 1.73. The first kappa shape index (κ1) is 15.7. The number of sulfonamides is 1. The van der Waals surface area contributed by atoms with Crippen LogP contribution in [0.3, 0.4) is 0 Å². The van der Waals surface area contributed by atoms with Crippen LogP contribution < -0.4 is 10.5 Å². The first-order valence-corrected chi connectivity index (χ1v) is 8.02. The number of rotatable bonds is 3. The number of nitrogen functional groups attached to an aromatic ring is 1. The third-order valence-electron chi connectivity index (χ3n) is 2.76. The molecular formula is C13H11BrF2N2O2S. The van der Waals surface area contributed by atoms with Gasteiger partial charge in [0.25, 0.3) is 10.0 Å². The summed E-state index contributed by atoms with van der Waals surface area (Å²) >= 11 is 3.20. The van der Waals surface area contributed by atoms with Crippen LogP contribution in [-0.4, -0.2) is 8.42 Å². The molecule has 8 heteroatoms. The van der Waals surface area contributed by atoms with Gasteiger partial charge in [0.05, 0.1) is 10.6 Å². The van der Waals surface area contributed by atoms with Gasteiger partial charge in [0.2, 0.25) is 0 Å². The second-order valence-corrected chi connectivity index (χ2v) is 6.88. The van der Waals surface area contributed by atoms with E-state index in [1.807, 2.05) is 0 Å². The fourth-order valence-corrected chi connectivity index (χ4v) is 3.50. The normalized spacial score (nSPS) is 11.4. The van der Waals surface area contributed by atoms with Gasteiger partial charge in [-0.05, 0) is 52.7 Å². The Morgan fingerprint density at radius 2 is 1.81 bits per heavy atom. The van der Waals surface area contributed by atoms with Gasteiger partial charge in [-0.2, -0.15) is 0 Å². The van der Waals surface area contributed by atoms with Gasteiger partial charge in [0, 0.05) is 16.2 Å². The molecule has 2 aromatic rings. The number of anilines is 2. The molecule has 0 spiro atoms. The smallest absolute Gasteiger partial charge is 0.262 e. The highest BCUT2D eigenvalue weighted by molar-refractivity contribution is 9.10. The van der Waals surface area contributed by atoms with Gasteiger partial charge in [0.1, 0.15) is 0 Å². The summed E-state index contributed by atoms with van der Waals surface area (Å²) in [6, 6.07) is 5.60. The van der Waals surface area contributed by atoms with Gasteiger partial charge in [-0.25, -0.2) is 17.2 Å². The van der Waals surface area contributed by atoms with Crippen LogP contribution in [-0.2, 0) is 10.0 Å². The van der Waals surface area contributed by atoms with E-state index in [4.69, 9.17) is 5.73 Å². The van der Waals surface area contributed by atoms with Gasteiger partial charge in [0.15, 0.2) is 11.6 Å². The quantitative estimate of drug-likeness (QED) is 0.806. The van der Waals surface area contributed by atoms with Crippen molar-refractivity contribution in [2.75, 3.05) is 10.5 Å². The largest absolute Gasteiger partial charge is 0.398 e. The molecule has 3 N–H and O–H groups in total. The third-order valence-corrected chi connectivity index (χ3v) is 4.97. The zero-order valence-corrected chi connectivity index (χ0v) is 13.2. The van der Waals surface area contributed by atoms with Crippen molar-refractivity contribution < 1.29 is 17.2 Å². The molecule has 0 radical (unpaired) electrons. The van der Waals surface area contributed by atoms with Crippen molar-refractivity contribution in [3.05, 3.63) is 52.0 Å². The Hall–Kier alpha value is -1.67. The molecule has 0 fully saturated rings. The molecule has 0 aromatic heterocycles. The van der Waals surface area contributed by atoms with Gasteiger partial charge in [-0.1, -0.05) is 0 Å². The van der Waals surface area contributed by atoms with Crippen molar-refractivity contribution in [1.82, 2.24) is 0 Å². The molecule has 0 aliphatic heterocycles. The molecule has 0 saturated heterocycles. The number of nitrogens with one attached hydrogen (secondary N) is 1. The molecule has 0 atom stereocenters. The SMILES string of the molecule is Cc1cc(Br)c(N)cc1S(=O)(=O)Nc1ccc(F)c(F)c1. The highest BCUT2D eigenvalue weighted by Gasteiger charge is 2.19. The minimum atomic E-state index is -3.95. The summed E-state index contributed by atoms with van der Waals surface area (Å²) in [6.45, 7) is 1.60. The molecule has 2 aromatic carbocycles. The molecule has 21 heavy (non-hydrogen) atoms. The highest BCUT2D eigenvalue weighted by atomic mass is 79.9. The maximum Gasteiger partial charge on any atom is 0.262 e. The standard InChI is InChI=1S/C13H11BrF2N2O2S/c1-7-4-9(14)12(17)6-13(7)21(19,20)18-8-2-3-10(15)11(16)5-8/h2-6,18H,17H2,1H3. The van der Waals surface area contributed by atoms with E-state index in [9.17, 15) is 17.2 Å². The van der Waals surface area contributed by atoms with Crippen molar-refractivity contribution in [2.45, 2.75) is 11.8 Å². The summed E-state index contributed by atoms with van der Waals surface area (Å²) in [6.07, 6.45) is 0. The van der Waals surface area contributed by atoms with Crippen molar-refractivity contribution in [2.24, 2.45) is 0 Å². The minimum Gasteiger partial charge on any atom is -0.398 e. The predicted octanol–water partition coefficient (Wildman–Crippen LogP) is 3.42. The summed E-state index contributed by atoms with van der Waals surface area (Å²) in [5, 5.41) is 0. The number of halogens is 3. The zero-order chi connectivity index (χ0) is 15.8. The molecule has 112 valence electrons. The van der Waals surface area contributed by atoms with Crippen molar-refractivity contribution in [1.29, 1.82) is 0 Å².